The molecule has 2 aromatic carbocycles. The zero-order valence-electron chi connectivity index (χ0n) is 11.3. The number of methoxy groups -OCH3 is 1. The van der Waals surface area contributed by atoms with Crippen LogP contribution in [-0.2, 0) is 6.54 Å². The van der Waals surface area contributed by atoms with Crippen LogP contribution in [0.25, 0.3) is 0 Å². The lowest BCUT2D eigenvalue weighted by Crippen LogP contribution is -2.22. The molecule has 0 unspecified atom stereocenters. The number of anilines is 1. The van der Waals surface area contributed by atoms with Gasteiger partial charge in [-0.05, 0) is 35.9 Å². The molecule has 0 N–H and O–H groups in total. The number of nitro benzene ring substituents is 1. The Labute approximate surface area is 120 Å². The van der Waals surface area contributed by atoms with Crippen molar-refractivity contribution in [3.8, 4) is 5.75 Å². The third-order valence-electron chi connectivity index (χ3n) is 3.49. The average molecular weight is 284 g/mol. The van der Waals surface area contributed by atoms with Crippen LogP contribution in [0.1, 0.15) is 15.9 Å². The molecule has 2 aromatic rings. The van der Waals surface area contributed by atoms with Gasteiger partial charge in [-0.15, -0.1) is 0 Å². The lowest BCUT2D eigenvalue weighted by Gasteiger charge is -2.15. The number of non-ortho nitro benzene ring substituents is 1. The zero-order valence-corrected chi connectivity index (χ0v) is 11.3. The molecule has 0 atom stereocenters. The third kappa shape index (κ3) is 2.20. The highest BCUT2D eigenvalue weighted by Crippen LogP contribution is 2.31. The zero-order chi connectivity index (χ0) is 15.0. The molecule has 21 heavy (non-hydrogen) atoms. The molecule has 0 aromatic heterocycles. The van der Waals surface area contributed by atoms with Crippen LogP contribution in [0.4, 0.5) is 11.4 Å². The monoisotopic (exact) mass is 284 g/mol. The molecule has 6 nitrogen and oxygen atoms in total. The number of rotatable bonds is 3. The molecule has 1 heterocycles. The summed E-state index contributed by atoms with van der Waals surface area (Å²) < 4.78 is 5.15. The number of hydrogen-bond acceptors (Lipinski definition) is 4. The third-order valence-corrected chi connectivity index (χ3v) is 3.49. The molecule has 0 aliphatic carbocycles. The van der Waals surface area contributed by atoms with Gasteiger partial charge in [0.05, 0.1) is 18.6 Å². The Morgan fingerprint density at radius 2 is 1.90 bits per heavy atom. The van der Waals surface area contributed by atoms with E-state index in [9.17, 15) is 14.9 Å². The number of nitrogens with zero attached hydrogens (tertiary/aromatic N) is 2. The fraction of sp³-hybridized carbons (Fsp3) is 0.133. The first-order valence-electron chi connectivity index (χ1n) is 6.33. The van der Waals surface area contributed by atoms with Crippen LogP contribution in [0.2, 0.25) is 0 Å². The SMILES string of the molecule is COc1ccc2c(c1)CN(c1ccc([N+](=O)[O-])cc1)C2=O. The van der Waals surface area contributed by atoms with Crippen LogP contribution in [0.3, 0.4) is 0 Å². The Balaban J connectivity index is 1.91. The molecule has 6 heteroatoms. The van der Waals surface area contributed by atoms with Crippen LogP contribution >= 0.6 is 0 Å². The number of carbonyl (C=O) groups excluding carboxylic acids is 1. The van der Waals surface area contributed by atoms with Crippen molar-refractivity contribution in [3.63, 3.8) is 0 Å². The second kappa shape index (κ2) is 4.90. The standard InChI is InChI=1S/C15H12N2O4/c1-21-13-6-7-14-10(8-13)9-16(15(14)18)11-2-4-12(5-3-11)17(19)20/h2-8H,9H2,1H3. The lowest BCUT2D eigenvalue weighted by molar-refractivity contribution is -0.384. The minimum absolute atomic E-state index is 0.00424. The smallest absolute Gasteiger partial charge is 0.269 e. The van der Waals surface area contributed by atoms with Crippen molar-refractivity contribution < 1.29 is 14.5 Å². The van der Waals surface area contributed by atoms with E-state index in [1.165, 1.54) is 12.1 Å². The Morgan fingerprint density at radius 1 is 1.19 bits per heavy atom. The summed E-state index contributed by atoms with van der Waals surface area (Å²) in [6.07, 6.45) is 0. The first-order valence-corrected chi connectivity index (χ1v) is 6.33. The van der Waals surface area contributed by atoms with Gasteiger partial charge in [-0.25, -0.2) is 0 Å². The molecular formula is C15H12N2O4. The highest BCUT2D eigenvalue weighted by atomic mass is 16.6. The molecule has 0 spiro atoms. The predicted molar refractivity (Wildman–Crippen MR) is 76.6 cm³/mol. The van der Waals surface area contributed by atoms with Gasteiger partial charge in [0.25, 0.3) is 11.6 Å². The van der Waals surface area contributed by atoms with E-state index >= 15 is 0 Å². The number of hydrogen-bond donors (Lipinski definition) is 0. The fourth-order valence-corrected chi connectivity index (χ4v) is 2.39. The average Bonchev–Trinajstić information content (AvgIpc) is 2.83. The molecule has 0 radical (unpaired) electrons. The normalized spacial score (nSPS) is 13.2. The maximum Gasteiger partial charge on any atom is 0.269 e. The lowest BCUT2D eigenvalue weighted by atomic mass is 10.1. The largest absolute Gasteiger partial charge is 0.497 e. The van der Waals surface area contributed by atoms with Crippen molar-refractivity contribution in [1.29, 1.82) is 0 Å². The van der Waals surface area contributed by atoms with Gasteiger partial charge >= 0.3 is 0 Å². The van der Waals surface area contributed by atoms with E-state index in [-0.39, 0.29) is 11.6 Å². The maximum absolute atomic E-state index is 12.4. The maximum atomic E-state index is 12.4. The predicted octanol–water partition coefficient (Wildman–Crippen LogP) is 2.76. The van der Waals surface area contributed by atoms with Gasteiger partial charge in [0, 0.05) is 23.4 Å². The van der Waals surface area contributed by atoms with Crippen molar-refractivity contribution in [3.05, 3.63) is 63.7 Å². The number of benzene rings is 2. The van der Waals surface area contributed by atoms with E-state index in [0.29, 0.717) is 23.5 Å². The molecule has 0 saturated heterocycles. The van der Waals surface area contributed by atoms with Gasteiger partial charge in [-0.3, -0.25) is 14.9 Å². The summed E-state index contributed by atoms with van der Waals surface area (Å²) >= 11 is 0. The van der Waals surface area contributed by atoms with E-state index < -0.39 is 4.92 Å². The van der Waals surface area contributed by atoms with Crippen molar-refractivity contribution in [1.82, 2.24) is 0 Å². The highest BCUT2D eigenvalue weighted by Gasteiger charge is 2.28. The fourth-order valence-electron chi connectivity index (χ4n) is 2.39. The van der Waals surface area contributed by atoms with Crippen LogP contribution in [0.15, 0.2) is 42.5 Å². The van der Waals surface area contributed by atoms with Crippen molar-refractivity contribution >= 4 is 17.3 Å². The van der Waals surface area contributed by atoms with E-state index in [0.717, 1.165) is 5.56 Å². The molecule has 1 aliphatic rings. The van der Waals surface area contributed by atoms with E-state index in [1.54, 1.807) is 36.3 Å². The highest BCUT2D eigenvalue weighted by molar-refractivity contribution is 6.10. The van der Waals surface area contributed by atoms with Crippen LogP contribution in [0, 0.1) is 10.1 Å². The van der Waals surface area contributed by atoms with Gasteiger partial charge in [0.15, 0.2) is 0 Å². The van der Waals surface area contributed by atoms with E-state index in [2.05, 4.69) is 0 Å². The summed E-state index contributed by atoms with van der Waals surface area (Å²) in [6.45, 7) is 0.434. The van der Waals surface area contributed by atoms with Gasteiger partial charge in [0.2, 0.25) is 0 Å². The molecule has 1 amide bonds. The summed E-state index contributed by atoms with van der Waals surface area (Å²) in [5, 5.41) is 10.7. The Kier molecular flexibility index (Phi) is 3.06. The summed E-state index contributed by atoms with van der Waals surface area (Å²) in [5.74, 6) is 0.591. The molecular weight excluding hydrogens is 272 g/mol. The molecule has 0 fully saturated rings. The topological polar surface area (TPSA) is 72.7 Å². The molecule has 1 aliphatic heterocycles. The number of nitro groups is 1. The van der Waals surface area contributed by atoms with Crippen molar-refractivity contribution in [2.45, 2.75) is 6.54 Å². The number of carbonyl (C=O) groups is 1. The number of amides is 1. The minimum atomic E-state index is -0.463. The van der Waals surface area contributed by atoms with Crippen molar-refractivity contribution in [2.75, 3.05) is 12.0 Å². The summed E-state index contributed by atoms with van der Waals surface area (Å²) in [5.41, 5.74) is 2.16. The van der Waals surface area contributed by atoms with Crippen LogP contribution in [0.5, 0.6) is 5.75 Å². The Bertz CT molecular complexity index is 725. The first-order chi connectivity index (χ1) is 10.1. The van der Waals surface area contributed by atoms with Crippen LogP contribution in [-0.4, -0.2) is 17.9 Å². The van der Waals surface area contributed by atoms with Gasteiger partial charge < -0.3 is 9.64 Å². The summed E-state index contributed by atoms with van der Waals surface area (Å²) in [6, 6.07) is 11.3. The molecule has 0 bridgehead atoms. The number of ether oxygens (including phenoxy) is 1. The summed E-state index contributed by atoms with van der Waals surface area (Å²) in [7, 11) is 1.58. The second-order valence-electron chi connectivity index (χ2n) is 4.69. The minimum Gasteiger partial charge on any atom is -0.497 e. The first kappa shape index (κ1) is 13.1. The summed E-state index contributed by atoms with van der Waals surface area (Å²) in [4.78, 5) is 24.2. The van der Waals surface area contributed by atoms with Crippen molar-refractivity contribution in [2.24, 2.45) is 0 Å². The van der Waals surface area contributed by atoms with Gasteiger partial charge in [-0.1, -0.05) is 0 Å². The van der Waals surface area contributed by atoms with Crippen LogP contribution < -0.4 is 9.64 Å². The van der Waals surface area contributed by atoms with E-state index in [4.69, 9.17) is 4.74 Å². The molecule has 106 valence electrons. The van der Waals surface area contributed by atoms with Gasteiger partial charge in [-0.2, -0.15) is 0 Å². The second-order valence-corrected chi connectivity index (χ2v) is 4.69. The molecule has 3 rings (SSSR count). The van der Waals surface area contributed by atoms with E-state index in [1.807, 2.05) is 6.07 Å². The van der Waals surface area contributed by atoms with Gasteiger partial charge in [0.1, 0.15) is 5.75 Å². The molecule has 0 saturated carbocycles. The quantitative estimate of drug-likeness (QED) is 0.641. The number of fused-ring (bicyclic) bond motifs is 1. The Hall–Kier alpha value is -2.89. The Morgan fingerprint density at radius 3 is 2.52 bits per heavy atom.